The van der Waals surface area contributed by atoms with Gasteiger partial charge in [-0.2, -0.15) is 0 Å². The van der Waals surface area contributed by atoms with Crippen molar-refractivity contribution in [2.45, 2.75) is 19.4 Å². The highest BCUT2D eigenvalue weighted by molar-refractivity contribution is 7.71. The van der Waals surface area contributed by atoms with Crippen LogP contribution < -0.4 is 0 Å². The Kier molecular flexibility index (Phi) is 5.65. The molecule has 0 fully saturated rings. The molecule has 2 N–H and O–H groups in total. The minimum Gasteiger partial charge on any atom is -0.480 e. The van der Waals surface area contributed by atoms with E-state index in [1.165, 1.54) is 4.90 Å². The molecule has 0 aliphatic rings. The third-order valence-corrected chi connectivity index (χ3v) is 3.92. The summed E-state index contributed by atoms with van der Waals surface area (Å²) in [5.41, 5.74) is 1.17. The Morgan fingerprint density at radius 3 is 2.48 bits per heavy atom. The van der Waals surface area contributed by atoms with E-state index < -0.39 is 12.0 Å². The highest BCUT2D eigenvalue weighted by Gasteiger charge is 2.29. The van der Waals surface area contributed by atoms with Crippen molar-refractivity contribution in [3.8, 4) is 0 Å². The van der Waals surface area contributed by atoms with Crippen LogP contribution in [0.4, 0.5) is 0 Å². The maximum absolute atomic E-state index is 12.7. The third-order valence-electron chi connectivity index (χ3n) is 3.58. The Balaban J connectivity index is 2.32. The number of nitrogens with zero attached hydrogens (tertiary/aromatic N) is 1. The zero-order chi connectivity index (χ0) is 16.8. The second-order valence-electron chi connectivity index (χ2n) is 5.05. The van der Waals surface area contributed by atoms with Gasteiger partial charge in [0, 0.05) is 19.2 Å². The molecule has 1 heterocycles. The van der Waals surface area contributed by atoms with E-state index in [1.54, 1.807) is 25.3 Å². The molecule has 0 bridgehead atoms. The van der Waals surface area contributed by atoms with Crippen molar-refractivity contribution in [2.75, 3.05) is 6.54 Å². The van der Waals surface area contributed by atoms with Crippen molar-refractivity contribution < 1.29 is 14.7 Å². The van der Waals surface area contributed by atoms with E-state index in [0.29, 0.717) is 10.2 Å². The number of carbonyl (C=O) groups excluding carboxylic acids is 1. The van der Waals surface area contributed by atoms with Gasteiger partial charge in [-0.1, -0.05) is 42.5 Å². The molecule has 120 valence electrons. The van der Waals surface area contributed by atoms with Crippen LogP contribution in [-0.4, -0.2) is 39.5 Å². The number of carbonyl (C=O) groups is 2. The van der Waals surface area contributed by atoms with Crippen molar-refractivity contribution >= 4 is 24.1 Å². The molecule has 23 heavy (non-hydrogen) atoms. The number of likely N-dealkylation sites (N-methyl/N-ethyl adjacent to an activating group) is 1. The number of carboxylic acids is 1. The monoisotopic (exact) mass is 330 g/mol. The van der Waals surface area contributed by atoms with Gasteiger partial charge in [-0.05, 0) is 24.6 Å². The number of nitrogens with one attached hydrogen (secondary N) is 1. The molecular formula is C17H18N2O3S. The van der Waals surface area contributed by atoms with Crippen molar-refractivity contribution in [2.24, 2.45) is 0 Å². The summed E-state index contributed by atoms with van der Waals surface area (Å²) in [5.74, 6) is -1.41. The summed E-state index contributed by atoms with van der Waals surface area (Å²) in [7, 11) is 0. The summed E-state index contributed by atoms with van der Waals surface area (Å²) in [6.07, 6.45) is 1.88. The standard InChI is InChI=1S/C17H18N2O3S/c1-2-19(16(20)13-9-6-10-18-15(13)23)14(17(21)22)11-12-7-4-3-5-8-12/h3-10,14H,2,11H2,1H3,(H,18,23)(H,21,22). The fourth-order valence-corrected chi connectivity index (χ4v) is 2.64. The number of hydrogen-bond acceptors (Lipinski definition) is 3. The highest BCUT2D eigenvalue weighted by Crippen LogP contribution is 2.14. The molecule has 0 saturated carbocycles. The average molecular weight is 330 g/mol. The number of hydrogen-bond donors (Lipinski definition) is 2. The molecule has 1 aromatic heterocycles. The first-order chi connectivity index (χ1) is 11.0. The van der Waals surface area contributed by atoms with E-state index >= 15 is 0 Å². The molecule has 2 aromatic rings. The van der Waals surface area contributed by atoms with E-state index in [1.807, 2.05) is 30.3 Å². The first-order valence-corrected chi connectivity index (χ1v) is 7.70. The summed E-state index contributed by atoms with van der Waals surface area (Å²) in [6.45, 7) is 2.04. The van der Waals surface area contributed by atoms with Crippen LogP contribution in [0.3, 0.4) is 0 Å². The molecule has 0 aliphatic carbocycles. The van der Waals surface area contributed by atoms with Crippen LogP contribution >= 0.6 is 12.2 Å². The van der Waals surface area contributed by atoms with Crippen LogP contribution in [0.1, 0.15) is 22.8 Å². The zero-order valence-electron chi connectivity index (χ0n) is 12.7. The number of aliphatic carboxylic acids is 1. The van der Waals surface area contributed by atoms with E-state index in [9.17, 15) is 14.7 Å². The second-order valence-corrected chi connectivity index (χ2v) is 5.46. The van der Waals surface area contributed by atoms with E-state index in [4.69, 9.17) is 12.2 Å². The minimum absolute atomic E-state index is 0.249. The molecule has 0 saturated heterocycles. The van der Waals surface area contributed by atoms with E-state index in [2.05, 4.69) is 4.98 Å². The summed E-state index contributed by atoms with van der Waals surface area (Å²) in [5, 5.41) is 9.57. The lowest BCUT2D eigenvalue weighted by atomic mass is 10.0. The SMILES string of the molecule is CCN(C(=O)c1ccc[nH]c1=S)C(Cc1ccccc1)C(=O)O. The highest BCUT2D eigenvalue weighted by atomic mass is 32.1. The van der Waals surface area contributed by atoms with Crippen molar-refractivity contribution in [1.82, 2.24) is 9.88 Å². The number of pyridine rings is 1. The summed E-state index contributed by atoms with van der Waals surface area (Å²) < 4.78 is 0.305. The number of H-pyrrole nitrogens is 1. The van der Waals surface area contributed by atoms with Gasteiger partial charge in [0.15, 0.2) is 0 Å². The van der Waals surface area contributed by atoms with Crippen molar-refractivity contribution in [3.05, 3.63) is 64.4 Å². The van der Waals surface area contributed by atoms with Gasteiger partial charge in [0.25, 0.3) is 5.91 Å². The summed E-state index contributed by atoms with van der Waals surface area (Å²) in [6, 6.07) is 11.6. The maximum atomic E-state index is 12.7. The summed E-state index contributed by atoms with van der Waals surface area (Å²) >= 11 is 5.13. The van der Waals surface area contributed by atoms with Gasteiger partial charge >= 0.3 is 5.97 Å². The fourth-order valence-electron chi connectivity index (χ4n) is 2.42. The number of aromatic amines is 1. The fraction of sp³-hybridized carbons (Fsp3) is 0.235. The number of amides is 1. The first kappa shape index (κ1) is 16.9. The molecule has 1 aromatic carbocycles. The van der Waals surface area contributed by atoms with Crippen LogP contribution in [0.15, 0.2) is 48.7 Å². The third kappa shape index (κ3) is 4.04. The topological polar surface area (TPSA) is 73.4 Å². The quantitative estimate of drug-likeness (QED) is 0.799. The van der Waals surface area contributed by atoms with Crippen LogP contribution in [0.2, 0.25) is 0 Å². The van der Waals surface area contributed by atoms with Gasteiger partial charge in [0.1, 0.15) is 10.7 Å². The predicted molar refractivity (Wildman–Crippen MR) is 89.9 cm³/mol. The van der Waals surface area contributed by atoms with Gasteiger partial charge in [0.2, 0.25) is 0 Å². The average Bonchev–Trinajstić information content (AvgIpc) is 2.55. The van der Waals surface area contributed by atoms with Crippen molar-refractivity contribution in [3.63, 3.8) is 0 Å². The molecule has 0 radical (unpaired) electrons. The van der Waals surface area contributed by atoms with Crippen LogP contribution in [0.5, 0.6) is 0 Å². The molecule has 1 unspecified atom stereocenters. The van der Waals surface area contributed by atoms with Gasteiger partial charge in [-0.15, -0.1) is 0 Å². The first-order valence-electron chi connectivity index (χ1n) is 7.30. The van der Waals surface area contributed by atoms with Gasteiger partial charge in [-0.3, -0.25) is 4.79 Å². The molecule has 2 rings (SSSR count). The number of rotatable bonds is 6. The Bertz CT molecular complexity index is 743. The Morgan fingerprint density at radius 2 is 1.91 bits per heavy atom. The number of aromatic nitrogens is 1. The predicted octanol–water partition coefficient (Wildman–Crippen LogP) is 2.90. The smallest absolute Gasteiger partial charge is 0.326 e. The maximum Gasteiger partial charge on any atom is 0.326 e. The summed E-state index contributed by atoms with van der Waals surface area (Å²) in [4.78, 5) is 28.5. The largest absolute Gasteiger partial charge is 0.480 e. The molecule has 6 heteroatoms. The van der Waals surface area contributed by atoms with Gasteiger partial charge in [0.05, 0.1) is 5.56 Å². The molecule has 0 spiro atoms. The normalized spacial score (nSPS) is 11.7. The Hall–Kier alpha value is -2.47. The lowest BCUT2D eigenvalue weighted by Crippen LogP contribution is -2.46. The molecule has 1 atom stereocenters. The Morgan fingerprint density at radius 1 is 1.22 bits per heavy atom. The molecule has 5 nitrogen and oxygen atoms in total. The van der Waals surface area contributed by atoms with Crippen molar-refractivity contribution in [1.29, 1.82) is 0 Å². The number of carboxylic acid groups (broad SMARTS) is 1. The zero-order valence-corrected chi connectivity index (χ0v) is 13.5. The lowest BCUT2D eigenvalue weighted by Gasteiger charge is -2.28. The number of benzene rings is 1. The molecule has 0 aliphatic heterocycles. The second kappa shape index (κ2) is 7.69. The lowest BCUT2D eigenvalue weighted by molar-refractivity contribution is -0.142. The minimum atomic E-state index is -1.03. The molecular weight excluding hydrogens is 312 g/mol. The van der Waals surface area contributed by atoms with Crippen LogP contribution in [0.25, 0.3) is 0 Å². The van der Waals surface area contributed by atoms with E-state index in [0.717, 1.165) is 5.56 Å². The Labute approximate surface area is 139 Å². The van der Waals surface area contributed by atoms with Gasteiger partial charge in [-0.25, -0.2) is 4.79 Å². The van der Waals surface area contributed by atoms with Crippen LogP contribution in [-0.2, 0) is 11.2 Å². The molecule has 1 amide bonds. The van der Waals surface area contributed by atoms with Crippen LogP contribution in [0, 0.1) is 4.64 Å². The van der Waals surface area contributed by atoms with Gasteiger partial charge < -0.3 is 15.0 Å². The van der Waals surface area contributed by atoms with E-state index in [-0.39, 0.29) is 18.9 Å².